The first kappa shape index (κ1) is 20.9. The van der Waals surface area contributed by atoms with E-state index in [1.165, 1.54) is 0 Å². The lowest BCUT2D eigenvalue weighted by Crippen LogP contribution is -2.28. The van der Waals surface area contributed by atoms with Crippen LogP contribution in [0.4, 0.5) is 5.69 Å². The Labute approximate surface area is 159 Å². The summed E-state index contributed by atoms with van der Waals surface area (Å²) in [7, 11) is 0. The van der Waals surface area contributed by atoms with E-state index in [1.54, 1.807) is 0 Å². The van der Waals surface area contributed by atoms with Crippen LogP contribution in [-0.2, 0) is 19.1 Å². The largest absolute Gasteiger partial charge is 0.377 e. The van der Waals surface area contributed by atoms with Crippen molar-refractivity contribution in [3.63, 3.8) is 0 Å². The van der Waals surface area contributed by atoms with Crippen molar-refractivity contribution in [2.45, 2.75) is 19.8 Å². The van der Waals surface area contributed by atoms with Crippen molar-refractivity contribution in [3.05, 3.63) is 29.8 Å². The van der Waals surface area contributed by atoms with Crippen LogP contribution in [0, 0.1) is 0 Å². The van der Waals surface area contributed by atoms with E-state index >= 15 is 0 Å². The van der Waals surface area contributed by atoms with Crippen LogP contribution in [0.5, 0.6) is 0 Å². The molecule has 0 saturated heterocycles. The smallest absolute Gasteiger partial charge is 0.240 e. The van der Waals surface area contributed by atoms with Crippen molar-refractivity contribution in [2.24, 2.45) is 5.10 Å². The van der Waals surface area contributed by atoms with Crippen molar-refractivity contribution in [1.29, 1.82) is 0 Å². The Morgan fingerprint density at radius 1 is 1.15 bits per heavy atom. The Bertz CT molecular complexity index is 619. The predicted molar refractivity (Wildman–Crippen MR) is 104 cm³/mol. The van der Waals surface area contributed by atoms with Gasteiger partial charge in [0.1, 0.15) is 0 Å². The third-order valence-corrected chi connectivity index (χ3v) is 4.20. The normalized spacial score (nSPS) is 13.7. The maximum Gasteiger partial charge on any atom is 0.240 e. The monoisotopic (exact) mass is 376 g/mol. The summed E-state index contributed by atoms with van der Waals surface area (Å²) < 4.78 is 10.9. The third-order valence-electron chi connectivity index (χ3n) is 4.20. The lowest BCUT2D eigenvalue weighted by Gasteiger charge is -2.23. The molecule has 0 aliphatic carbocycles. The number of carbonyl (C=O) groups is 2. The van der Waals surface area contributed by atoms with E-state index < -0.39 is 0 Å². The molecule has 0 fully saturated rings. The number of anilines is 1. The second-order valence-electron chi connectivity index (χ2n) is 6.02. The number of nitrogens with one attached hydrogen (secondary N) is 2. The Morgan fingerprint density at radius 2 is 1.89 bits per heavy atom. The highest BCUT2D eigenvalue weighted by Crippen LogP contribution is 2.17. The fraction of sp³-hybridized carbons (Fsp3) is 0.526. The molecule has 1 aliphatic rings. The summed E-state index contributed by atoms with van der Waals surface area (Å²) in [5.74, 6) is -0.0319. The average Bonchev–Trinajstić information content (AvgIpc) is 2.70. The minimum absolute atomic E-state index is 0.0319. The molecular formula is C19H28N4O4. The molecule has 2 amide bonds. The second kappa shape index (κ2) is 12.0. The Balaban J connectivity index is 1.70. The quantitative estimate of drug-likeness (QED) is 0.394. The lowest BCUT2D eigenvalue weighted by molar-refractivity contribution is -0.121. The lowest BCUT2D eigenvalue weighted by atomic mass is 10.0. The Morgan fingerprint density at radius 3 is 2.52 bits per heavy atom. The van der Waals surface area contributed by atoms with Crippen molar-refractivity contribution in [3.8, 4) is 0 Å². The molecule has 0 radical (unpaired) electrons. The van der Waals surface area contributed by atoms with Crippen molar-refractivity contribution < 1.29 is 19.1 Å². The van der Waals surface area contributed by atoms with Crippen LogP contribution in [0.2, 0.25) is 0 Å². The fourth-order valence-electron chi connectivity index (χ4n) is 2.70. The van der Waals surface area contributed by atoms with E-state index in [4.69, 9.17) is 9.47 Å². The molecule has 8 heteroatoms. The number of hydrazone groups is 1. The van der Waals surface area contributed by atoms with Gasteiger partial charge in [-0.3, -0.25) is 9.59 Å². The zero-order valence-electron chi connectivity index (χ0n) is 15.8. The molecule has 0 bridgehead atoms. The molecule has 1 aromatic rings. The third kappa shape index (κ3) is 7.36. The zero-order chi connectivity index (χ0) is 19.3. The topological polar surface area (TPSA) is 92.3 Å². The van der Waals surface area contributed by atoms with E-state index in [9.17, 15) is 9.59 Å². The van der Waals surface area contributed by atoms with Gasteiger partial charge in [-0.1, -0.05) is 12.1 Å². The number of nitrogens with zero attached hydrogens (tertiary/aromatic N) is 2. The SMILES string of the molecule is CCN(CCOCCOCCNC=O)c1ccc(C2=NNC(=O)CC2)cc1. The van der Waals surface area contributed by atoms with Crippen LogP contribution in [0.1, 0.15) is 25.3 Å². The molecule has 0 unspecified atom stereocenters. The number of benzene rings is 1. The second-order valence-corrected chi connectivity index (χ2v) is 6.02. The number of hydrogen-bond donors (Lipinski definition) is 2. The van der Waals surface area contributed by atoms with Gasteiger partial charge in [-0.2, -0.15) is 5.10 Å². The van der Waals surface area contributed by atoms with Crippen LogP contribution in [0.3, 0.4) is 0 Å². The summed E-state index contributed by atoms with van der Waals surface area (Å²) in [6, 6.07) is 8.22. The number of hydrogen-bond acceptors (Lipinski definition) is 6. The van der Waals surface area contributed by atoms with Gasteiger partial charge in [0.25, 0.3) is 0 Å². The van der Waals surface area contributed by atoms with Gasteiger partial charge < -0.3 is 19.7 Å². The number of carbonyl (C=O) groups excluding carboxylic acids is 2. The molecule has 2 rings (SSSR count). The molecule has 148 valence electrons. The molecule has 0 atom stereocenters. The first-order valence-corrected chi connectivity index (χ1v) is 9.28. The van der Waals surface area contributed by atoms with Crippen LogP contribution in [0.25, 0.3) is 0 Å². The molecule has 1 aromatic carbocycles. The maximum absolute atomic E-state index is 11.2. The Kier molecular flexibility index (Phi) is 9.29. The molecule has 2 N–H and O–H groups in total. The van der Waals surface area contributed by atoms with Gasteiger partial charge in [0.2, 0.25) is 12.3 Å². The number of rotatable bonds is 13. The number of amides is 2. The summed E-state index contributed by atoms with van der Waals surface area (Å²) >= 11 is 0. The van der Waals surface area contributed by atoms with Gasteiger partial charge in [-0.15, -0.1) is 0 Å². The van der Waals surface area contributed by atoms with Crippen LogP contribution >= 0.6 is 0 Å². The van der Waals surface area contributed by atoms with E-state index in [-0.39, 0.29) is 5.91 Å². The predicted octanol–water partition coefficient (Wildman–Crippen LogP) is 0.906. The number of ether oxygens (including phenoxy) is 2. The maximum atomic E-state index is 11.2. The summed E-state index contributed by atoms with van der Waals surface area (Å²) in [5.41, 5.74) is 5.60. The van der Waals surface area contributed by atoms with Gasteiger partial charge >= 0.3 is 0 Å². The zero-order valence-corrected chi connectivity index (χ0v) is 15.8. The average molecular weight is 376 g/mol. The van der Waals surface area contributed by atoms with Crippen molar-refractivity contribution >= 4 is 23.7 Å². The molecule has 1 aliphatic heterocycles. The van der Waals surface area contributed by atoms with Crippen LogP contribution in [0.15, 0.2) is 29.4 Å². The molecule has 0 aromatic heterocycles. The van der Waals surface area contributed by atoms with Crippen LogP contribution in [-0.4, -0.2) is 64.1 Å². The summed E-state index contributed by atoms with van der Waals surface area (Å²) in [5, 5.41) is 6.67. The molecule has 0 saturated carbocycles. The van der Waals surface area contributed by atoms with Crippen molar-refractivity contribution in [2.75, 3.05) is 51.0 Å². The van der Waals surface area contributed by atoms with E-state index in [1.807, 2.05) is 12.1 Å². The van der Waals surface area contributed by atoms with E-state index in [0.29, 0.717) is 52.2 Å². The standard InChI is InChI=1S/C19H28N4O4/c1-2-23(10-12-27-14-13-26-11-9-20-15-24)17-5-3-16(4-6-17)18-7-8-19(25)22-21-18/h3-6,15H,2,7-14H2,1H3,(H,20,24)(H,22,25). The van der Waals surface area contributed by atoms with Crippen LogP contribution < -0.4 is 15.6 Å². The molecule has 8 nitrogen and oxygen atoms in total. The van der Waals surface area contributed by atoms with Gasteiger partial charge in [-0.05, 0) is 24.6 Å². The molecule has 0 spiro atoms. The Hall–Kier alpha value is -2.45. The van der Waals surface area contributed by atoms with Gasteiger partial charge in [0.15, 0.2) is 0 Å². The van der Waals surface area contributed by atoms with Gasteiger partial charge in [0.05, 0.1) is 32.1 Å². The van der Waals surface area contributed by atoms with Crippen molar-refractivity contribution in [1.82, 2.24) is 10.7 Å². The highest BCUT2D eigenvalue weighted by Gasteiger charge is 2.13. The highest BCUT2D eigenvalue weighted by molar-refractivity contribution is 6.04. The number of likely N-dealkylation sites (N-methyl/N-ethyl adjacent to an activating group) is 1. The van der Waals surface area contributed by atoms with Gasteiger partial charge in [-0.25, -0.2) is 5.43 Å². The first-order valence-electron chi connectivity index (χ1n) is 9.28. The molecule has 27 heavy (non-hydrogen) atoms. The minimum Gasteiger partial charge on any atom is -0.377 e. The summed E-state index contributed by atoms with van der Waals surface area (Å²) in [6.45, 7) is 6.45. The first-order chi connectivity index (χ1) is 13.2. The van der Waals surface area contributed by atoms with E-state index in [2.05, 4.69) is 39.8 Å². The highest BCUT2D eigenvalue weighted by atomic mass is 16.5. The summed E-state index contributed by atoms with van der Waals surface area (Å²) in [4.78, 5) is 23.5. The fourth-order valence-corrected chi connectivity index (χ4v) is 2.70. The molecule has 1 heterocycles. The molecular weight excluding hydrogens is 348 g/mol. The minimum atomic E-state index is -0.0319. The van der Waals surface area contributed by atoms with Gasteiger partial charge in [0, 0.05) is 38.2 Å². The summed E-state index contributed by atoms with van der Waals surface area (Å²) in [6.07, 6.45) is 1.81. The van der Waals surface area contributed by atoms with E-state index in [0.717, 1.165) is 30.1 Å².